The second kappa shape index (κ2) is 6.90. The van der Waals surface area contributed by atoms with Crippen molar-refractivity contribution in [1.82, 2.24) is 9.80 Å². The summed E-state index contributed by atoms with van der Waals surface area (Å²) in [4.78, 5) is 16.9. The standard InChI is InChI=1S/C16H31N3O/c1-12-4-5-18(15(7-12)8-17)11-16(20)19-9-13(2)6-14(3)10-19/h12-15H,4-11,17H2,1-3H3. The fourth-order valence-corrected chi connectivity index (χ4v) is 3.89. The van der Waals surface area contributed by atoms with Crippen molar-refractivity contribution < 1.29 is 4.79 Å². The van der Waals surface area contributed by atoms with Gasteiger partial charge in [0.1, 0.15) is 0 Å². The highest BCUT2D eigenvalue weighted by molar-refractivity contribution is 5.78. The molecule has 0 bridgehead atoms. The van der Waals surface area contributed by atoms with Gasteiger partial charge in [0, 0.05) is 25.7 Å². The molecule has 2 saturated heterocycles. The summed E-state index contributed by atoms with van der Waals surface area (Å²) in [5.41, 5.74) is 5.89. The lowest BCUT2D eigenvalue weighted by molar-refractivity contribution is -0.136. The van der Waals surface area contributed by atoms with Crippen LogP contribution in [0.15, 0.2) is 0 Å². The van der Waals surface area contributed by atoms with Gasteiger partial charge < -0.3 is 10.6 Å². The van der Waals surface area contributed by atoms with Crippen molar-refractivity contribution in [3.63, 3.8) is 0 Å². The molecule has 0 spiro atoms. The number of hydrogen-bond donors (Lipinski definition) is 1. The largest absolute Gasteiger partial charge is 0.341 e. The molecule has 2 fully saturated rings. The van der Waals surface area contributed by atoms with Crippen LogP contribution in [0.5, 0.6) is 0 Å². The minimum Gasteiger partial charge on any atom is -0.341 e. The fraction of sp³-hybridized carbons (Fsp3) is 0.938. The molecule has 4 nitrogen and oxygen atoms in total. The fourth-order valence-electron chi connectivity index (χ4n) is 3.89. The van der Waals surface area contributed by atoms with Gasteiger partial charge in [0.05, 0.1) is 6.54 Å². The number of likely N-dealkylation sites (tertiary alicyclic amines) is 2. The van der Waals surface area contributed by atoms with E-state index in [2.05, 4.69) is 30.6 Å². The van der Waals surface area contributed by atoms with Crippen LogP contribution in [0, 0.1) is 17.8 Å². The quantitative estimate of drug-likeness (QED) is 0.854. The lowest BCUT2D eigenvalue weighted by atomic mass is 9.91. The minimum atomic E-state index is 0.302. The first-order chi connectivity index (χ1) is 9.49. The Hall–Kier alpha value is -0.610. The molecule has 2 heterocycles. The lowest BCUT2D eigenvalue weighted by Crippen LogP contribution is -2.52. The van der Waals surface area contributed by atoms with Crippen LogP contribution in [0.25, 0.3) is 0 Å². The second-order valence-electron chi connectivity index (χ2n) is 7.23. The molecule has 1 amide bonds. The van der Waals surface area contributed by atoms with Gasteiger partial charge in [0.2, 0.25) is 5.91 Å². The monoisotopic (exact) mass is 281 g/mol. The number of piperidine rings is 2. The molecule has 4 unspecified atom stereocenters. The van der Waals surface area contributed by atoms with Crippen LogP contribution in [0.2, 0.25) is 0 Å². The number of amides is 1. The van der Waals surface area contributed by atoms with E-state index in [9.17, 15) is 4.79 Å². The Bertz CT molecular complexity index is 324. The molecule has 4 heteroatoms. The van der Waals surface area contributed by atoms with Crippen LogP contribution in [0.4, 0.5) is 0 Å². The molecule has 2 rings (SSSR count). The van der Waals surface area contributed by atoms with E-state index < -0.39 is 0 Å². The molecule has 2 aliphatic heterocycles. The molecule has 20 heavy (non-hydrogen) atoms. The van der Waals surface area contributed by atoms with E-state index in [0.717, 1.165) is 32.0 Å². The zero-order valence-electron chi connectivity index (χ0n) is 13.3. The molecule has 0 aromatic rings. The van der Waals surface area contributed by atoms with Gasteiger partial charge in [0.15, 0.2) is 0 Å². The van der Waals surface area contributed by atoms with E-state index >= 15 is 0 Å². The zero-order valence-corrected chi connectivity index (χ0v) is 13.3. The van der Waals surface area contributed by atoms with Gasteiger partial charge in [-0.3, -0.25) is 9.69 Å². The first-order valence-corrected chi connectivity index (χ1v) is 8.21. The molecule has 0 aromatic heterocycles. The van der Waals surface area contributed by atoms with Crippen molar-refractivity contribution in [3.8, 4) is 0 Å². The van der Waals surface area contributed by atoms with Crippen molar-refractivity contribution in [1.29, 1.82) is 0 Å². The number of nitrogens with zero attached hydrogens (tertiary/aromatic N) is 2. The Kier molecular flexibility index (Phi) is 5.44. The van der Waals surface area contributed by atoms with Crippen molar-refractivity contribution in [2.45, 2.75) is 46.1 Å². The van der Waals surface area contributed by atoms with Crippen molar-refractivity contribution in [3.05, 3.63) is 0 Å². The molecule has 116 valence electrons. The lowest BCUT2D eigenvalue weighted by Gasteiger charge is -2.40. The van der Waals surface area contributed by atoms with E-state index in [1.165, 1.54) is 12.8 Å². The Labute approximate surface area is 123 Å². The molecular formula is C16H31N3O. The third-order valence-electron chi connectivity index (χ3n) is 4.93. The van der Waals surface area contributed by atoms with Crippen molar-refractivity contribution in [2.75, 3.05) is 32.7 Å². The summed E-state index contributed by atoms with van der Waals surface area (Å²) in [5, 5.41) is 0. The van der Waals surface area contributed by atoms with E-state index in [1.807, 2.05) is 0 Å². The molecule has 2 aliphatic rings. The third kappa shape index (κ3) is 3.95. The number of rotatable bonds is 3. The van der Waals surface area contributed by atoms with E-state index in [0.29, 0.717) is 36.9 Å². The number of hydrogen-bond acceptors (Lipinski definition) is 3. The normalized spacial score (nSPS) is 36.1. The number of carbonyl (C=O) groups excluding carboxylic acids is 1. The molecular weight excluding hydrogens is 250 g/mol. The highest BCUT2D eigenvalue weighted by Crippen LogP contribution is 2.24. The minimum absolute atomic E-state index is 0.302. The maximum atomic E-state index is 12.5. The summed E-state index contributed by atoms with van der Waals surface area (Å²) in [5.74, 6) is 2.31. The Morgan fingerprint density at radius 1 is 1.10 bits per heavy atom. The number of nitrogens with two attached hydrogens (primary N) is 1. The van der Waals surface area contributed by atoms with Crippen LogP contribution in [0.1, 0.15) is 40.0 Å². The molecule has 0 aromatic carbocycles. The predicted octanol–water partition coefficient (Wildman–Crippen LogP) is 1.55. The van der Waals surface area contributed by atoms with Gasteiger partial charge in [-0.15, -0.1) is 0 Å². The number of carbonyl (C=O) groups is 1. The highest BCUT2D eigenvalue weighted by Gasteiger charge is 2.30. The summed E-state index contributed by atoms with van der Waals surface area (Å²) in [6, 6.07) is 0.391. The first-order valence-electron chi connectivity index (χ1n) is 8.21. The molecule has 4 atom stereocenters. The summed E-state index contributed by atoms with van der Waals surface area (Å²) >= 11 is 0. The van der Waals surface area contributed by atoms with Crippen molar-refractivity contribution in [2.24, 2.45) is 23.5 Å². The van der Waals surface area contributed by atoms with Crippen LogP contribution in [-0.4, -0.2) is 54.5 Å². The summed E-state index contributed by atoms with van der Waals surface area (Å²) < 4.78 is 0. The van der Waals surface area contributed by atoms with Gasteiger partial charge in [-0.1, -0.05) is 20.8 Å². The van der Waals surface area contributed by atoms with E-state index in [-0.39, 0.29) is 0 Å². The van der Waals surface area contributed by atoms with Crippen LogP contribution >= 0.6 is 0 Å². The van der Waals surface area contributed by atoms with Gasteiger partial charge in [-0.25, -0.2) is 0 Å². The van der Waals surface area contributed by atoms with E-state index in [4.69, 9.17) is 5.73 Å². The van der Waals surface area contributed by atoms with Crippen LogP contribution in [-0.2, 0) is 4.79 Å². The predicted molar refractivity (Wildman–Crippen MR) is 82.3 cm³/mol. The maximum Gasteiger partial charge on any atom is 0.236 e. The van der Waals surface area contributed by atoms with Crippen LogP contribution in [0.3, 0.4) is 0 Å². The third-order valence-corrected chi connectivity index (χ3v) is 4.93. The van der Waals surface area contributed by atoms with Gasteiger partial charge in [0.25, 0.3) is 0 Å². The Morgan fingerprint density at radius 2 is 1.75 bits per heavy atom. The average molecular weight is 281 g/mol. The average Bonchev–Trinajstić information content (AvgIpc) is 2.39. The molecule has 2 N–H and O–H groups in total. The summed E-state index contributed by atoms with van der Waals surface area (Å²) in [6.45, 7) is 10.9. The van der Waals surface area contributed by atoms with Crippen molar-refractivity contribution >= 4 is 5.91 Å². The van der Waals surface area contributed by atoms with E-state index in [1.54, 1.807) is 0 Å². The Morgan fingerprint density at radius 3 is 2.35 bits per heavy atom. The molecule has 0 saturated carbocycles. The molecule has 0 aliphatic carbocycles. The summed E-state index contributed by atoms with van der Waals surface area (Å²) in [6.07, 6.45) is 3.57. The van der Waals surface area contributed by atoms with Gasteiger partial charge in [-0.2, -0.15) is 0 Å². The van der Waals surface area contributed by atoms with Crippen LogP contribution < -0.4 is 5.73 Å². The van der Waals surface area contributed by atoms with Gasteiger partial charge in [-0.05, 0) is 43.6 Å². The maximum absolute atomic E-state index is 12.5. The van der Waals surface area contributed by atoms with Gasteiger partial charge >= 0.3 is 0 Å². The topological polar surface area (TPSA) is 49.6 Å². The summed E-state index contributed by atoms with van der Waals surface area (Å²) in [7, 11) is 0. The highest BCUT2D eigenvalue weighted by atomic mass is 16.2. The SMILES string of the molecule is CC1CCN(CC(=O)N2CC(C)CC(C)C2)C(CN)C1. The Balaban J connectivity index is 1.89. The first kappa shape index (κ1) is 15.8. The molecule has 0 radical (unpaired) electrons. The zero-order chi connectivity index (χ0) is 14.7. The smallest absolute Gasteiger partial charge is 0.236 e. The second-order valence-corrected chi connectivity index (χ2v) is 7.23.